The van der Waals surface area contributed by atoms with E-state index in [0.29, 0.717) is 6.61 Å². The van der Waals surface area contributed by atoms with Crippen LogP contribution in [-0.2, 0) is 4.74 Å². The molecule has 0 aliphatic carbocycles. The smallest absolute Gasteiger partial charge is 0.0487 e. The van der Waals surface area contributed by atoms with E-state index in [1.54, 1.807) is 0 Å². The summed E-state index contributed by atoms with van der Waals surface area (Å²) in [4.78, 5) is 0. The Morgan fingerprint density at radius 3 is 1.39 bits per heavy atom. The van der Waals surface area contributed by atoms with Gasteiger partial charge in [-0.15, -0.1) is 0 Å². The molecule has 0 radical (unpaired) electrons. The molecule has 0 aliphatic heterocycles. The molecule has 2 nitrogen and oxygen atoms in total. The molecular formula is C21H44O2. The van der Waals surface area contributed by atoms with E-state index in [0.717, 1.165) is 18.9 Å². The number of aliphatic hydroxyl groups excluding tert-OH is 1. The first-order chi connectivity index (χ1) is 11.3. The molecule has 0 bridgehead atoms. The molecule has 0 rings (SSSR count). The molecule has 0 saturated heterocycles. The number of hydrogen-bond acceptors (Lipinski definition) is 2. The summed E-state index contributed by atoms with van der Waals surface area (Å²) in [6.45, 7) is 6.49. The van der Waals surface area contributed by atoms with Gasteiger partial charge in [-0.2, -0.15) is 0 Å². The van der Waals surface area contributed by atoms with E-state index in [-0.39, 0.29) is 6.61 Å². The Labute approximate surface area is 146 Å². The minimum Gasteiger partial charge on any atom is -0.396 e. The van der Waals surface area contributed by atoms with Crippen LogP contribution in [0.3, 0.4) is 0 Å². The van der Waals surface area contributed by atoms with Gasteiger partial charge in [0.2, 0.25) is 0 Å². The Hall–Kier alpha value is -0.0800. The van der Waals surface area contributed by atoms with Crippen LogP contribution in [0.5, 0.6) is 0 Å². The molecule has 0 heterocycles. The molecule has 2 heteroatoms. The zero-order valence-corrected chi connectivity index (χ0v) is 16.2. The Morgan fingerprint density at radius 1 is 0.565 bits per heavy atom. The van der Waals surface area contributed by atoms with Gasteiger partial charge in [0.1, 0.15) is 0 Å². The second kappa shape index (κ2) is 20.0. The summed E-state index contributed by atoms with van der Waals surface area (Å²) in [6.07, 6.45) is 20.4. The number of hydrogen-bond donors (Lipinski definition) is 1. The van der Waals surface area contributed by atoms with Crippen molar-refractivity contribution in [1.82, 2.24) is 0 Å². The van der Waals surface area contributed by atoms with E-state index < -0.39 is 0 Å². The van der Waals surface area contributed by atoms with Gasteiger partial charge in [-0.25, -0.2) is 0 Å². The van der Waals surface area contributed by atoms with Crippen molar-refractivity contribution in [3.63, 3.8) is 0 Å². The number of unbranched alkanes of at least 4 members (excludes halogenated alkanes) is 12. The maximum Gasteiger partial charge on any atom is 0.0487 e. The highest BCUT2D eigenvalue weighted by Crippen LogP contribution is 2.14. The summed E-state index contributed by atoms with van der Waals surface area (Å²) in [6, 6.07) is 0. The fraction of sp³-hybridized carbons (Fsp3) is 1.00. The van der Waals surface area contributed by atoms with Gasteiger partial charge >= 0.3 is 0 Å². The summed E-state index contributed by atoms with van der Waals surface area (Å²) >= 11 is 0. The normalized spacial score (nSPS) is 11.5. The maximum absolute atomic E-state index is 8.63. The average molecular weight is 329 g/mol. The molecule has 1 N–H and O–H groups in total. The standard InChI is InChI=1S/C21H44O2/c1-21(2)17-14-12-10-8-6-4-3-5-7-9-11-13-15-19-23-20-16-18-22/h21-22H,3-20H2,1-2H3. The van der Waals surface area contributed by atoms with E-state index in [1.165, 1.54) is 89.9 Å². The minimum absolute atomic E-state index is 0.248. The van der Waals surface area contributed by atoms with Gasteiger partial charge in [0, 0.05) is 19.8 Å². The molecule has 0 atom stereocenters. The van der Waals surface area contributed by atoms with E-state index in [9.17, 15) is 0 Å². The molecular weight excluding hydrogens is 284 g/mol. The van der Waals surface area contributed by atoms with Crippen molar-refractivity contribution in [1.29, 1.82) is 0 Å². The summed E-state index contributed by atoms with van der Waals surface area (Å²) in [5.74, 6) is 0.883. The number of ether oxygens (including phenoxy) is 1. The first-order valence-electron chi connectivity index (χ1n) is 10.5. The zero-order valence-electron chi connectivity index (χ0n) is 16.2. The Morgan fingerprint density at radius 2 is 0.957 bits per heavy atom. The van der Waals surface area contributed by atoms with Gasteiger partial charge in [0.15, 0.2) is 0 Å². The van der Waals surface area contributed by atoms with Crippen LogP contribution in [0.1, 0.15) is 110 Å². The largest absolute Gasteiger partial charge is 0.396 e. The highest BCUT2D eigenvalue weighted by atomic mass is 16.5. The lowest BCUT2D eigenvalue weighted by Gasteiger charge is -2.05. The quantitative estimate of drug-likeness (QED) is 0.274. The molecule has 0 unspecified atom stereocenters. The zero-order chi connectivity index (χ0) is 17.0. The molecule has 140 valence electrons. The summed E-state index contributed by atoms with van der Waals surface area (Å²) in [5, 5.41) is 8.63. The van der Waals surface area contributed by atoms with Crippen molar-refractivity contribution in [3.8, 4) is 0 Å². The molecule has 0 aromatic heterocycles. The van der Waals surface area contributed by atoms with Crippen molar-refractivity contribution in [2.45, 2.75) is 110 Å². The lowest BCUT2D eigenvalue weighted by Crippen LogP contribution is -1.98. The van der Waals surface area contributed by atoms with Crippen molar-refractivity contribution < 1.29 is 9.84 Å². The van der Waals surface area contributed by atoms with Crippen LogP contribution in [0, 0.1) is 5.92 Å². The van der Waals surface area contributed by atoms with Crippen LogP contribution in [0.4, 0.5) is 0 Å². The van der Waals surface area contributed by atoms with Crippen molar-refractivity contribution >= 4 is 0 Å². The van der Waals surface area contributed by atoms with E-state index in [1.807, 2.05) is 0 Å². The minimum atomic E-state index is 0.248. The Bertz CT molecular complexity index is 204. The monoisotopic (exact) mass is 328 g/mol. The lowest BCUT2D eigenvalue weighted by molar-refractivity contribution is 0.112. The van der Waals surface area contributed by atoms with Gasteiger partial charge in [0.05, 0.1) is 0 Å². The first-order valence-corrected chi connectivity index (χ1v) is 10.5. The van der Waals surface area contributed by atoms with Gasteiger partial charge in [0.25, 0.3) is 0 Å². The maximum atomic E-state index is 8.63. The van der Waals surface area contributed by atoms with Gasteiger partial charge in [-0.05, 0) is 18.8 Å². The molecule has 0 amide bonds. The van der Waals surface area contributed by atoms with Crippen LogP contribution in [0.15, 0.2) is 0 Å². The molecule has 0 aromatic carbocycles. The summed E-state index contributed by atoms with van der Waals surface area (Å²) < 4.78 is 5.43. The van der Waals surface area contributed by atoms with Crippen molar-refractivity contribution in [2.75, 3.05) is 19.8 Å². The average Bonchev–Trinajstić information content (AvgIpc) is 2.53. The Kier molecular flexibility index (Phi) is 19.9. The van der Waals surface area contributed by atoms with Gasteiger partial charge in [-0.3, -0.25) is 0 Å². The predicted molar refractivity (Wildman–Crippen MR) is 102 cm³/mol. The van der Waals surface area contributed by atoms with Gasteiger partial charge in [-0.1, -0.05) is 97.3 Å². The van der Waals surface area contributed by atoms with Crippen molar-refractivity contribution in [3.05, 3.63) is 0 Å². The van der Waals surface area contributed by atoms with Crippen LogP contribution >= 0.6 is 0 Å². The number of rotatable bonds is 19. The third kappa shape index (κ3) is 21.9. The van der Waals surface area contributed by atoms with Crippen LogP contribution < -0.4 is 0 Å². The number of aliphatic hydroxyl groups is 1. The van der Waals surface area contributed by atoms with E-state index >= 15 is 0 Å². The predicted octanol–water partition coefficient (Wildman–Crippen LogP) is 6.50. The third-order valence-electron chi connectivity index (χ3n) is 4.52. The summed E-state index contributed by atoms with van der Waals surface area (Å²) in [7, 11) is 0. The first kappa shape index (κ1) is 22.9. The van der Waals surface area contributed by atoms with Gasteiger partial charge < -0.3 is 9.84 Å². The molecule has 0 spiro atoms. The van der Waals surface area contributed by atoms with E-state index in [2.05, 4.69) is 13.8 Å². The third-order valence-corrected chi connectivity index (χ3v) is 4.52. The fourth-order valence-corrected chi connectivity index (χ4v) is 2.97. The lowest BCUT2D eigenvalue weighted by atomic mass is 10.0. The molecule has 0 aromatic rings. The fourth-order valence-electron chi connectivity index (χ4n) is 2.97. The van der Waals surface area contributed by atoms with Crippen molar-refractivity contribution in [2.24, 2.45) is 5.92 Å². The Balaban J connectivity index is 2.95. The molecule has 0 aliphatic rings. The second-order valence-corrected chi connectivity index (χ2v) is 7.47. The molecule has 0 fully saturated rings. The highest BCUT2D eigenvalue weighted by Gasteiger charge is 1.96. The molecule has 0 saturated carbocycles. The van der Waals surface area contributed by atoms with E-state index in [4.69, 9.17) is 9.84 Å². The highest BCUT2D eigenvalue weighted by molar-refractivity contribution is 4.51. The van der Waals surface area contributed by atoms with Crippen LogP contribution in [0.2, 0.25) is 0 Å². The van der Waals surface area contributed by atoms with Crippen LogP contribution in [-0.4, -0.2) is 24.9 Å². The molecule has 23 heavy (non-hydrogen) atoms. The SMILES string of the molecule is CC(C)CCCCCCCCCCCCCCCOCCCO. The topological polar surface area (TPSA) is 29.5 Å². The van der Waals surface area contributed by atoms with Crippen LogP contribution in [0.25, 0.3) is 0 Å². The second-order valence-electron chi connectivity index (χ2n) is 7.47. The summed E-state index contributed by atoms with van der Waals surface area (Å²) in [5.41, 5.74) is 0.